The molecule has 12 nitrogen and oxygen atoms in total. The van der Waals surface area contributed by atoms with E-state index in [0.717, 1.165) is 145 Å². The first-order chi connectivity index (χ1) is 41.9. The number of allylic oxidation sites excluding steroid dienone is 1. The van der Waals surface area contributed by atoms with Crippen molar-refractivity contribution in [1.82, 2.24) is 9.88 Å². The Hall–Kier alpha value is -2.84. The van der Waals surface area contributed by atoms with Gasteiger partial charge in [0.25, 0.3) is 0 Å². The van der Waals surface area contributed by atoms with Crippen molar-refractivity contribution in [2.75, 3.05) is 59.2 Å². The van der Waals surface area contributed by atoms with E-state index in [9.17, 15) is 30.0 Å². The van der Waals surface area contributed by atoms with E-state index < -0.39 is 12.1 Å². The quantitative estimate of drug-likeness (QED) is 0.0423. The number of pyridine rings is 1. The summed E-state index contributed by atoms with van der Waals surface area (Å²) in [4.78, 5) is 28.2. The monoisotopic (exact) mass is 1260 g/mol. The van der Waals surface area contributed by atoms with Crippen LogP contribution in [0.1, 0.15) is 224 Å². The van der Waals surface area contributed by atoms with Crippen molar-refractivity contribution >= 4 is 40.1 Å². The number of hydrogen-bond donors (Lipinski definition) is 6. The molecule has 0 aliphatic heterocycles. The summed E-state index contributed by atoms with van der Waals surface area (Å²) < 4.78 is 5.59. The molecule has 1 unspecified atom stereocenters. The molecule has 0 amide bonds. The van der Waals surface area contributed by atoms with Crippen molar-refractivity contribution in [1.29, 1.82) is 0 Å². The molecule has 10 rings (SSSR count). The average molecular weight is 1260 g/mol. The van der Waals surface area contributed by atoms with Gasteiger partial charge in [0.2, 0.25) is 0 Å². The molecular formula is C76H128ClN4O8+. The maximum Gasteiger partial charge on any atom is 0.303 e. The Balaban J connectivity index is 0.000000178. The lowest BCUT2D eigenvalue weighted by Gasteiger charge is -2.63. The third-order valence-corrected chi connectivity index (χ3v) is 26.0. The van der Waals surface area contributed by atoms with Crippen LogP contribution in [0.2, 0.25) is 5.02 Å². The summed E-state index contributed by atoms with van der Waals surface area (Å²) in [6.07, 6.45) is 27.4. The minimum atomic E-state index is -0.748. The Bertz CT molecular complexity index is 2610. The van der Waals surface area contributed by atoms with Crippen molar-refractivity contribution in [2.45, 2.75) is 255 Å². The van der Waals surface area contributed by atoms with Gasteiger partial charge < -0.3 is 45.0 Å². The number of carboxylic acid groups (broad SMARTS) is 1. The standard InChI is InChI=1S/C27H46O.C24H40O5.C18H26ClN3.C7H16NO2/c1-18(2)7-6-8-19(3)23-11-12-24-22-10-9-20-17-21(28)13-15-26(20,4)25(22)14-16-27(23,24)5;1-13(4-7-21(28)29)16-5-6-17-22-18(12-20(27)24(16,17)3)23(2)9-8-15(25)10-14(23)11-19(22)26;1-4-22(5-2)12-6-7-14(3)21-17-10-11-20-18-13-15(19)8-9-16(17)18;1-7(9)10-6-5-8(2,3)4/h9,18-19,21-25,28H,6-8,10-17H2,1-5H3;13-20,22,25-27H,4-12H2,1-3H3,(H,28,29);8-11,13-14H,4-7,12H2,1-3H3,(H,20,21);5-6H2,1-4H3/q;;;+1/t19-,21+,22+,23-,24+,25+,26+,27-;13-,14+,15-,16-,17+,18+,19-,20+,22+,23+,24-;;/m11../s1. The van der Waals surface area contributed by atoms with Gasteiger partial charge in [0.1, 0.15) is 13.2 Å². The molecule has 1 aromatic heterocycles. The molecule has 506 valence electrons. The number of carboxylic acids is 1. The van der Waals surface area contributed by atoms with E-state index in [-0.39, 0.29) is 53.4 Å². The Morgan fingerprint density at radius 2 is 1.44 bits per heavy atom. The summed E-state index contributed by atoms with van der Waals surface area (Å²) in [5, 5.41) is 57.7. The van der Waals surface area contributed by atoms with E-state index in [1.54, 1.807) is 5.57 Å². The van der Waals surface area contributed by atoms with Gasteiger partial charge in [0.05, 0.1) is 51.1 Å². The van der Waals surface area contributed by atoms with Gasteiger partial charge in [-0.15, -0.1) is 0 Å². The van der Waals surface area contributed by atoms with Crippen LogP contribution in [0.25, 0.3) is 10.9 Å². The highest BCUT2D eigenvalue weighted by Gasteiger charge is 2.66. The molecule has 1 heterocycles. The zero-order valence-electron chi connectivity index (χ0n) is 58.6. The third-order valence-electron chi connectivity index (χ3n) is 25.8. The number of carbonyl (C=O) groups excluding carboxylic acids is 1. The molecule has 7 saturated carbocycles. The van der Waals surface area contributed by atoms with Crippen molar-refractivity contribution < 1.29 is 44.3 Å². The predicted molar refractivity (Wildman–Crippen MR) is 365 cm³/mol. The summed E-state index contributed by atoms with van der Waals surface area (Å²) >= 11 is 6.04. The molecule has 0 bridgehead atoms. The lowest BCUT2D eigenvalue weighted by Crippen LogP contribution is -2.62. The van der Waals surface area contributed by atoms with Crippen molar-refractivity contribution in [3.8, 4) is 0 Å². The lowest BCUT2D eigenvalue weighted by molar-refractivity contribution is -0.870. The number of fused-ring (bicyclic) bond motifs is 11. The number of nitrogens with zero attached hydrogens (tertiary/aromatic N) is 3. The first-order valence-electron chi connectivity index (χ1n) is 36.0. The maximum atomic E-state index is 11.5. The van der Waals surface area contributed by atoms with Gasteiger partial charge in [0.15, 0.2) is 0 Å². The molecule has 8 aliphatic carbocycles. The van der Waals surface area contributed by atoms with E-state index in [4.69, 9.17) is 21.4 Å². The number of benzene rings is 1. The molecule has 0 radical (unpaired) electrons. The molecule has 7 fully saturated rings. The average Bonchev–Trinajstić information content (AvgIpc) is 1.70. The van der Waals surface area contributed by atoms with Crippen molar-refractivity contribution in [3.63, 3.8) is 0 Å². The van der Waals surface area contributed by atoms with E-state index in [2.05, 4.69) is 119 Å². The van der Waals surface area contributed by atoms with Gasteiger partial charge in [-0.25, -0.2) is 0 Å². The molecule has 0 saturated heterocycles. The molecule has 2 aromatic rings. The molecular weight excluding hydrogens is 1130 g/mol. The number of halogens is 1. The summed E-state index contributed by atoms with van der Waals surface area (Å²) in [6.45, 7) is 32.2. The van der Waals surface area contributed by atoms with Crippen LogP contribution in [-0.2, 0) is 14.3 Å². The van der Waals surface area contributed by atoms with E-state index in [0.29, 0.717) is 53.6 Å². The SMILES string of the molecule is CC(=O)OCC[N+](C)(C)C.CC(C)CCC[C@@H](C)[C@H]1CC[C@H]2[C@@H]3CC=C4C[C@@H](O)CC[C@]4(C)[C@H]3CC[C@]12C.CCN(CC)CCCC(C)Nc1ccnc2cc(Cl)ccc12.C[C@H](CCC(=O)O)[C@H]1CC[C@H]2[C@@H]3[C@H](O)C[C@@H]4C[C@H](O)CC[C@]4(C)[C@H]3C[C@H](O)[C@]12C. The van der Waals surface area contributed by atoms with Crippen LogP contribution in [0, 0.1) is 92.7 Å². The number of hydrogen-bond acceptors (Lipinski definition) is 10. The third kappa shape index (κ3) is 17.6. The topological polar surface area (TPSA) is 173 Å². The first kappa shape index (κ1) is 73.6. The Morgan fingerprint density at radius 3 is 2.11 bits per heavy atom. The van der Waals surface area contributed by atoms with Crippen LogP contribution >= 0.6 is 11.6 Å². The predicted octanol–water partition coefficient (Wildman–Crippen LogP) is 15.9. The number of aliphatic hydroxyl groups excluding tert-OH is 4. The molecule has 8 aliphatic rings. The highest BCUT2D eigenvalue weighted by atomic mass is 35.5. The Kier molecular flexibility index (Phi) is 26.1. The minimum absolute atomic E-state index is 0.0766. The molecule has 1 aromatic carbocycles. The van der Waals surface area contributed by atoms with Gasteiger partial charge in [-0.2, -0.15) is 0 Å². The van der Waals surface area contributed by atoms with Gasteiger partial charge in [0, 0.05) is 41.7 Å². The van der Waals surface area contributed by atoms with E-state index in [1.807, 2.05) is 30.5 Å². The Morgan fingerprint density at radius 1 is 0.764 bits per heavy atom. The summed E-state index contributed by atoms with van der Waals surface area (Å²) in [5.74, 6) is 6.25. The number of likely N-dealkylation sites (N-methyl/N-ethyl adjacent to an activating group) is 1. The molecule has 0 spiro atoms. The smallest absolute Gasteiger partial charge is 0.303 e. The van der Waals surface area contributed by atoms with Gasteiger partial charge in [-0.1, -0.05) is 112 Å². The number of quaternary nitrogens is 1. The number of rotatable bonds is 20. The van der Waals surface area contributed by atoms with Crippen molar-refractivity contribution in [3.05, 3.63) is 47.1 Å². The van der Waals surface area contributed by atoms with E-state index in [1.165, 1.54) is 77.7 Å². The number of aliphatic hydroxyl groups is 4. The lowest BCUT2D eigenvalue weighted by atomic mass is 9.43. The Labute approximate surface area is 545 Å². The second-order valence-electron chi connectivity index (χ2n) is 32.7. The highest BCUT2D eigenvalue weighted by molar-refractivity contribution is 6.31. The number of ether oxygens (including phenoxy) is 1. The minimum Gasteiger partial charge on any atom is -0.481 e. The summed E-state index contributed by atoms with van der Waals surface area (Å²) in [6, 6.07) is 8.35. The summed E-state index contributed by atoms with van der Waals surface area (Å²) in [5.41, 5.74) is 4.53. The number of anilines is 1. The zero-order valence-corrected chi connectivity index (χ0v) is 59.3. The highest BCUT2D eigenvalue weighted by Crippen LogP contribution is 2.70. The second-order valence-corrected chi connectivity index (χ2v) is 33.1. The maximum absolute atomic E-state index is 11.5. The van der Waals surface area contributed by atoms with Crippen LogP contribution in [-0.4, -0.2) is 136 Å². The fraction of sp³-hybridized carbons (Fsp3) is 0.829. The van der Waals surface area contributed by atoms with Crippen LogP contribution in [0.5, 0.6) is 0 Å². The first-order valence-corrected chi connectivity index (χ1v) is 36.4. The van der Waals surface area contributed by atoms with Gasteiger partial charge in [-0.3, -0.25) is 14.6 Å². The second kappa shape index (κ2) is 31.6. The molecule has 89 heavy (non-hydrogen) atoms. The van der Waals surface area contributed by atoms with E-state index >= 15 is 0 Å². The normalized spacial score (nSPS) is 36.3. The van der Waals surface area contributed by atoms with Crippen LogP contribution in [0.4, 0.5) is 5.69 Å². The zero-order chi connectivity index (χ0) is 65.4. The fourth-order valence-corrected chi connectivity index (χ4v) is 20.7. The summed E-state index contributed by atoms with van der Waals surface area (Å²) in [7, 11) is 6.18. The van der Waals surface area contributed by atoms with Gasteiger partial charge in [-0.05, 0) is 259 Å². The number of nitrogens with one attached hydrogen (secondary N) is 1. The van der Waals surface area contributed by atoms with Gasteiger partial charge >= 0.3 is 11.9 Å². The van der Waals surface area contributed by atoms with Crippen LogP contribution in [0.3, 0.4) is 0 Å². The largest absolute Gasteiger partial charge is 0.481 e. The molecule has 6 N–H and O–H groups in total. The number of aliphatic carboxylic acids is 1. The fourth-order valence-electron chi connectivity index (χ4n) is 20.6. The van der Waals surface area contributed by atoms with Crippen LogP contribution in [0.15, 0.2) is 42.1 Å². The van der Waals surface area contributed by atoms with Crippen molar-refractivity contribution in [2.24, 2.45) is 92.7 Å². The molecule has 20 atom stereocenters. The molecule has 13 heteroatoms. The number of carbonyl (C=O) groups is 2. The van der Waals surface area contributed by atoms with Crippen LogP contribution < -0.4 is 5.32 Å². The number of aromatic nitrogens is 1. The number of esters is 1.